The molecule has 0 radical (unpaired) electrons. The van der Waals surface area contributed by atoms with E-state index in [2.05, 4.69) is 11.9 Å². The van der Waals surface area contributed by atoms with Gasteiger partial charge in [0.1, 0.15) is 5.60 Å². The van der Waals surface area contributed by atoms with Crippen molar-refractivity contribution in [1.29, 1.82) is 0 Å². The Morgan fingerprint density at radius 3 is 2.36 bits per heavy atom. The van der Waals surface area contributed by atoms with Gasteiger partial charge >= 0.3 is 6.09 Å². The molecule has 0 saturated carbocycles. The lowest BCUT2D eigenvalue weighted by Crippen LogP contribution is -2.22. The summed E-state index contributed by atoms with van der Waals surface area (Å²) >= 11 is 0. The highest BCUT2D eigenvalue weighted by atomic mass is 16.6. The fourth-order valence-electron chi connectivity index (χ4n) is 0.929. The number of carbonyl (C=O) groups is 1. The third-order valence-corrected chi connectivity index (χ3v) is 1.57. The van der Waals surface area contributed by atoms with Gasteiger partial charge in [0.25, 0.3) is 0 Å². The molecule has 0 rings (SSSR count). The Hall–Kier alpha value is -0.860. The number of aliphatic imine (C=N–C) groups is 1. The van der Waals surface area contributed by atoms with Crippen LogP contribution in [0.4, 0.5) is 4.79 Å². The van der Waals surface area contributed by atoms with E-state index < -0.39 is 11.7 Å². The first-order valence-electron chi connectivity index (χ1n) is 5.12. The lowest BCUT2D eigenvalue weighted by molar-refractivity contribution is 0.0604. The molecule has 3 nitrogen and oxygen atoms in total. The normalized spacial score (nSPS) is 12.8. The highest BCUT2D eigenvalue weighted by molar-refractivity contribution is 5.91. The summed E-state index contributed by atoms with van der Waals surface area (Å²) in [5.74, 6) is 0. The second kappa shape index (κ2) is 5.78. The fourth-order valence-corrected chi connectivity index (χ4v) is 0.929. The first-order valence-corrected chi connectivity index (χ1v) is 5.12. The van der Waals surface area contributed by atoms with E-state index in [1.807, 2.05) is 27.7 Å². The lowest BCUT2D eigenvalue weighted by atomic mass is 10.2. The number of hydrogen-bond acceptors (Lipinski definition) is 2. The molecule has 0 atom stereocenters. The van der Waals surface area contributed by atoms with Gasteiger partial charge in [-0.2, -0.15) is 4.99 Å². The van der Waals surface area contributed by atoms with Crippen LogP contribution in [0.2, 0.25) is 0 Å². The molecule has 0 spiro atoms. The molecule has 0 aliphatic carbocycles. The molecule has 1 amide bonds. The molecule has 0 saturated heterocycles. The van der Waals surface area contributed by atoms with Gasteiger partial charge in [-0.3, -0.25) is 0 Å². The summed E-state index contributed by atoms with van der Waals surface area (Å²) in [6.07, 6.45) is 2.57. The van der Waals surface area contributed by atoms with Crippen molar-refractivity contribution in [3.05, 3.63) is 0 Å². The van der Waals surface area contributed by atoms with Gasteiger partial charge in [0.15, 0.2) is 0 Å². The maximum absolute atomic E-state index is 11.2. The van der Waals surface area contributed by atoms with Gasteiger partial charge in [-0.1, -0.05) is 13.3 Å². The summed E-state index contributed by atoms with van der Waals surface area (Å²) in [5.41, 5.74) is 0.395. The number of unbranched alkanes of at least 4 members (excludes halogenated alkanes) is 1. The van der Waals surface area contributed by atoms with Crippen molar-refractivity contribution in [3.8, 4) is 0 Å². The minimum absolute atomic E-state index is 0.453. The topological polar surface area (TPSA) is 38.7 Å². The maximum Gasteiger partial charge on any atom is 0.434 e. The fraction of sp³-hybridized carbons (Fsp3) is 0.818. The molecule has 0 fully saturated rings. The van der Waals surface area contributed by atoms with Crippen LogP contribution in [0.5, 0.6) is 0 Å². The van der Waals surface area contributed by atoms with Gasteiger partial charge in [-0.15, -0.1) is 0 Å². The van der Waals surface area contributed by atoms with Crippen molar-refractivity contribution in [2.75, 3.05) is 0 Å². The van der Waals surface area contributed by atoms with Gasteiger partial charge < -0.3 is 4.74 Å². The van der Waals surface area contributed by atoms with E-state index in [-0.39, 0.29) is 0 Å². The maximum atomic E-state index is 11.2. The molecule has 82 valence electrons. The number of hydrogen-bond donors (Lipinski definition) is 0. The van der Waals surface area contributed by atoms with Gasteiger partial charge in [0.05, 0.1) is 0 Å². The molecule has 0 bridgehead atoms. The molecule has 0 aromatic heterocycles. The van der Waals surface area contributed by atoms with Crippen molar-refractivity contribution in [2.45, 2.75) is 59.5 Å². The van der Waals surface area contributed by atoms with E-state index in [4.69, 9.17) is 4.74 Å². The first kappa shape index (κ1) is 13.1. The standard InChI is InChI=1S/C11H21NO2/c1-6-7-8-9(2)12-10(13)14-11(3,4)5/h6-8H2,1-5H3. The molecular weight excluding hydrogens is 178 g/mol. The molecule has 0 N–H and O–H groups in total. The second-order valence-electron chi connectivity index (χ2n) is 4.43. The van der Waals surface area contributed by atoms with E-state index in [0.29, 0.717) is 0 Å². The second-order valence-corrected chi connectivity index (χ2v) is 4.43. The Labute approximate surface area is 86.6 Å². The van der Waals surface area contributed by atoms with Crippen molar-refractivity contribution in [2.24, 2.45) is 4.99 Å². The van der Waals surface area contributed by atoms with Crippen molar-refractivity contribution in [1.82, 2.24) is 0 Å². The molecule has 14 heavy (non-hydrogen) atoms. The number of amides is 1. The average Bonchev–Trinajstić information content (AvgIpc) is 1.96. The average molecular weight is 199 g/mol. The molecule has 0 unspecified atom stereocenters. The third-order valence-electron chi connectivity index (χ3n) is 1.57. The highest BCUT2D eigenvalue weighted by Crippen LogP contribution is 2.08. The van der Waals surface area contributed by atoms with E-state index in [1.54, 1.807) is 0 Å². The van der Waals surface area contributed by atoms with Crippen molar-refractivity contribution >= 4 is 11.8 Å². The number of ether oxygens (including phenoxy) is 1. The molecule has 0 aromatic rings. The molecule has 3 heteroatoms. The van der Waals surface area contributed by atoms with E-state index in [9.17, 15) is 4.79 Å². The Balaban J connectivity index is 4.02. The number of rotatable bonds is 3. The summed E-state index contributed by atoms with van der Waals surface area (Å²) in [7, 11) is 0. The Morgan fingerprint density at radius 2 is 1.93 bits per heavy atom. The van der Waals surface area contributed by atoms with Gasteiger partial charge in [0.2, 0.25) is 0 Å². The summed E-state index contributed by atoms with van der Waals surface area (Å²) < 4.78 is 5.06. The molecule has 0 aliphatic heterocycles. The van der Waals surface area contributed by atoms with Crippen LogP contribution in [0.1, 0.15) is 53.9 Å². The highest BCUT2D eigenvalue weighted by Gasteiger charge is 2.15. The van der Waals surface area contributed by atoms with Gasteiger partial charge in [-0.25, -0.2) is 4.79 Å². The van der Waals surface area contributed by atoms with Crippen LogP contribution in [0.15, 0.2) is 4.99 Å². The Kier molecular flexibility index (Phi) is 5.43. The van der Waals surface area contributed by atoms with Crippen LogP contribution in [0.3, 0.4) is 0 Å². The summed E-state index contributed by atoms with van der Waals surface area (Å²) in [6.45, 7) is 9.48. The zero-order valence-corrected chi connectivity index (χ0v) is 9.89. The monoisotopic (exact) mass is 199 g/mol. The minimum Gasteiger partial charge on any atom is -0.442 e. The Bertz CT molecular complexity index is 214. The Morgan fingerprint density at radius 1 is 1.36 bits per heavy atom. The molecule has 0 aliphatic rings. The van der Waals surface area contributed by atoms with E-state index in [0.717, 1.165) is 25.0 Å². The van der Waals surface area contributed by atoms with Crippen LogP contribution in [0, 0.1) is 0 Å². The van der Waals surface area contributed by atoms with Crippen molar-refractivity contribution < 1.29 is 9.53 Å². The minimum atomic E-state index is -0.480. The van der Waals surface area contributed by atoms with Crippen LogP contribution in [-0.2, 0) is 4.74 Å². The quantitative estimate of drug-likeness (QED) is 0.652. The largest absolute Gasteiger partial charge is 0.442 e. The first-order chi connectivity index (χ1) is 6.35. The molecule has 0 aromatic carbocycles. The molecular formula is C11H21NO2. The lowest BCUT2D eigenvalue weighted by Gasteiger charge is -2.17. The zero-order valence-electron chi connectivity index (χ0n) is 9.89. The number of carbonyl (C=O) groups excluding carboxylic acids is 1. The van der Waals surface area contributed by atoms with E-state index >= 15 is 0 Å². The number of nitrogens with zero attached hydrogens (tertiary/aromatic N) is 1. The SMILES string of the molecule is CCCCC(C)=NC(=O)OC(C)(C)C. The van der Waals surface area contributed by atoms with Crippen LogP contribution in [-0.4, -0.2) is 17.4 Å². The van der Waals surface area contributed by atoms with Crippen LogP contribution < -0.4 is 0 Å². The summed E-state index contributed by atoms with van der Waals surface area (Å²) in [4.78, 5) is 15.1. The third kappa shape index (κ3) is 7.77. The predicted molar refractivity (Wildman–Crippen MR) is 58.9 cm³/mol. The van der Waals surface area contributed by atoms with Gasteiger partial charge in [0, 0.05) is 5.71 Å². The summed E-state index contributed by atoms with van der Waals surface area (Å²) in [5, 5.41) is 0. The van der Waals surface area contributed by atoms with E-state index in [1.165, 1.54) is 0 Å². The zero-order chi connectivity index (χ0) is 11.2. The van der Waals surface area contributed by atoms with Gasteiger partial charge in [-0.05, 0) is 40.5 Å². The molecule has 0 heterocycles. The smallest absolute Gasteiger partial charge is 0.434 e. The predicted octanol–water partition coefficient (Wildman–Crippen LogP) is 3.57. The van der Waals surface area contributed by atoms with Crippen LogP contribution >= 0.6 is 0 Å². The van der Waals surface area contributed by atoms with Crippen LogP contribution in [0.25, 0.3) is 0 Å². The van der Waals surface area contributed by atoms with Crippen molar-refractivity contribution in [3.63, 3.8) is 0 Å². The summed E-state index contributed by atoms with van der Waals surface area (Å²) in [6, 6.07) is 0.